The molecular formula is C22H29N7O2. The molecule has 3 aromatic heterocycles. The highest BCUT2D eigenvalue weighted by Crippen LogP contribution is 2.52. The van der Waals surface area contributed by atoms with Crippen LogP contribution in [-0.2, 0) is 7.05 Å². The van der Waals surface area contributed by atoms with Crippen molar-refractivity contribution in [1.82, 2.24) is 24.5 Å². The van der Waals surface area contributed by atoms with Gasteiger partial charge in [0, 0.05) is 37.5 Å². The maximum Gasteiger partial charge on any atom is 0.264 e. The van der Waals surface area contributed by atoms with Crippen molar-refractivity contribution in [3.05, 3.63) is 22.6 Å². The first-order valence-corrected chi connectivity index (χ1v) is 11.4. The zero-order chi connectivity index (χ0) is 21.3. The number of aliphatic hydroxyl groups is 1. The number of anilines is 2. The molecule has 2 aliphatic carbocycles. The van der Waals surface area contributed by atoms with Gasteiger partial charge in [-0.3, -0.25) is 14.6 Å². The van der Waals surface area contributed by atoms with Gasteiger partial charge >= 0.3 is 0 Å². The van der Waals surface area contributed by atoms with Gasteiger partial charge in [0.1, 0.15) is 11.2 Å². The van der Waals surface area contributed by atoms with Gasteiger partial charge in [0.15, 0.2) is 5.82 Å². The van der Waals surface area contributed by atoms with Crippen molar-refractivity contribution in [3.8, 4) is 11.3 Å². The summed E-state index contributed by atoms with van der Waals surface area (Å²) in [7, 11) is 1.93. The van der Waals surface area contributed by atoms with Crippen molar-refractivity contribution in [1.29, 1.82) is 0 Å². The Balaban J connectivity index is 1.51. The molecule has 0 radical (unpaired) electrons. The Hall–Kier alpha value is -2.81. The number of hydrogen-bond acceptors (Lipinski definition) is 6. The van der Waals surface area contributed by atoms with Crippen LogP contribution in [0.4, 0.5) is 11.6 Å². The van der Waals surface area contributed by atoms with Crippen molar-refractivity contribution in [2.75, 3.05) is 23.8 Å². The summed E-state index contributed by atoms with van der Waals surface area (Å²) in [5, 5.41) is 22.2. The van der Waals surface area contributed by atoms with Gasteiger partial charge < -0.3 is 20.3 Å². The highest BCUT2D eigenvalue weighted by molar-refractivity contribution is 5.97. The molecule has 4 heterocycles. The fourth-order valence-electron chi connectivity index (χ4n) is 5.47. The van der Waals surface area contributed by atoms with E-state index in [0.717, 1.165) is 36.5 Å². The van der Waals surface area contributed by atoms with Crippen molar-refractivity contribution in [3.63, 3.8) is 0 Å². The van der Waals surface area contributed by atoms with Crippen LogP contribution in [0.25, 0.3) is 22.2 Å². The molecule has 1 aliphatic heterocycles. The van der Waals surface area contributed by atoms with Crippen LogP contribution in [0.1, 0.15) is 44.6 Å². The standard InChI is InChI=1S/C22H29N7O2/c1-27-17(28-8-2-3-14(28)11-30)9-16(26-27)15-10-29(20(12-4-5-12)13-6-7-13)22(31)18-19(15)24-25-21(18)23/h9-10,12-14,20,30H,2-8,11H2,1H3,(H3,23,24,25)/t14-/m0/s1. The highest BCUT2D eigenvalue weighted by atomic mass is 16.3. The van der Waals surface area contributed by atoms with E-state index in [1.807, 2.05) is 22.5 Å². The number of aromatic nitrogens is 5. The number of aliphatic hydroxyl groups excluding tert-OH is 1. The summed E-state index contributed by atoms with van der Waals surface area (Å²) in [6.07, 6.45) is 8.76. The quantitative estimate of drug-likeness (QED) is 0.558. The first-order chi connectivity index (χ1) is 15.1. The Morgan fingerprint density at radius 3 is 2.68 bits per heavy atom. The molecule has 9 heteroatoms. The van der Waals surface area contributed by atoms with Crippen LogP contribution < -0.4 is 16.2 Å². The van der Waals surface area contributed by atoms with Gasteiger partial charge in [-0.2, -0.15) is 10.2 Å². The zero-order valence-electron chi connectivity index (χ0n) is 17.8. The number of nitrogens with one attached hydrogen (secondary N) is 1. The van der Waals surface area contributed by atoms with E-state index in [1.165, 1.54) is 25.7 Å². The average Bonchev–Trinajstić information content (AvgIpc) is 3.65. The van der Waals surface area contributed by atoms with Crippen molar-refractivity contribution in [2.45, 2.75) is 50.6 Å². The molecule has 6 rings (SSSR count). The predicted molar refractivity (Wildman–Crippen MR) is 119 cm³/mol. The van der Waals surface area contributed by atoms with Crippen LogP contribution in [0, 0.1) is 11.8 Å². The van der Waals surface area contributed by atoms with Gasteiger partial charge in [0.25, 0.3) is 5.56 Å². The maximum absolute atomic E-state index is 13.4. The Morgan fingerprint density at radius 1 is 1.26 bits per heavy atom. The molecule has 164 valence electrons. The van der Waals surface area contributed by atoms with E-state index >= 15 is 0 Å². The van der Waals surface area contributed by atoms with Gasteiger partial charge in [-0.15, -0.1) is 0 Å². The van der Waals surface area contributed by atoms with Crippen LogP contribution in [-0.4, -0.2) is 48.8 Å². The van der Waals surface area contributed by atoms with Gasteiger partial charge in [-0.25, -0.2) is 0 Å². The molecule has 0 bridgehead atoms. The third-order valence-electron chi connectivity index (χ3n) is 7.32. The maximum atomic E-state index is 13.4. The molecule has 9 nitrogen and oxygen atoms in total. The number of aromatic amines is 1. The third kappa shape index (κ3) is 2.97. The fourth-order valence-corrected chi connectivity index (χ4v) is 5.47. The van der Waals surface area contributed by atoms with Crippen LogP contribution in [0.5, 0.6) is 0 Å². The van der Waals surface area contributed by atoms with E-state index in [9.17, 15) is 9.90 Å². The second kappa shape index (κ2) is 6.85. The van der Waals surface area contributed by atoms with Crippen molar-refractivity contribution < 1.29 is 5.11 Å². The van der Waals surface area contributed by atoms with Crippen LogP contribution in [0.3, 0.4) is 0 Å². The lowest BCUT2D eigenvalue weighted by atomic mass is 10.0. The summed E-state index contributed by atoms with van der Waals surface area (Å²) < 4.78 is 3.79. The van der Waals surface area contributed by atoms with E-state index in [0.29, 0.717) is 22.7 Å². The monoisotopic (exact) mass is 423 g/mol. The molecule has 0 aromatic carbocycles. The predicted octanol–water partition coefficient (Wildman–Crippen LogP) is 2.03. The molecule has 3 aliphatic rings. The number of aryl methyl sites for hydroxylation is 1. The number of H-pyrrole nitrogens is 1. The SMILES string of the molecule is Cn1nc(-c2cn(C(C3CC3)C3CC3)c(=O)c3c(N)n[nH]c23)cc1N1CCC[C@H]1CO. The van der Waals surface area contributed by atoms with E-state index in [2.05, 4.69) is 21.2 Å². The van der Waals surface area contributed by atoms with Crippen molar-refractivity contribution >= 4 is 22.5 Å². The summed E-state index contributed by atoms with van der Waals surface area (Å²) in [4.78, 5) is 15.6. The zero-order valence-corrected chi connectivity index (χ0v) is 17.8. The van der Waals surface area contributed by atoms with Gasteiger partial charge in [0.05, 0.1) is 23.9 Å². The molecule has 3 aromatic rings. The molecule has 3 fully saturated rings. The van der Waals surface area contributed by atoms with Crippen LogP contribution in [0.2, 0.25) is 0 Å². The highest BCUT2D eigenvalue weighted by Gasteiger charge is 2.43. The number of rotatable bonds is 6. The first-order valence-electron chi connectivity index (χ1n) is 11.4. The van der Waals surface area contributed by atoms with Gasteiger partial charge in [0.2, 0.25) is 0 Å². The second-order valence-electron chi connectivity index (χ2n) is 9.46. The number of nitrogens with two attached hydrogens (primary N) is 1. The molecule has 0 unspecified atom stereocenters. The number of nitrogen functional groups attached to an aromatic ring is 1. The molecule has 0 amide bonds. The smallest absolute Gasteiger partial charge is 0.264 e. The van der Waals surface area contributed by atoms with Gasteiger partial charge in [-0.05, 0) is 50.4 Å². The molecule has 2 saturated carbocycles. The third-order valence-corrected chi connectivity index (χ3v) is 7.32. The Kier molecular flexibility index (Phi) is 4.18. The molecule has 31 heavy (non-hydrogen) atoms. The lowest BCUT2D eigenvalue weighted by Gasteiger charge is -2.24. The normalized spacial score (nSPS) is 21.6. The summed E-state index contributed by atoms with van der Waals surface area (Å²) >= 11 is 0. The number of hydrogen-bond donors (Lipinski definition) is 3. The van der Waals surface area contributed by atoms with Crippen LogP contribution >= 0.6 is 0 Å². The Labute approximate surface area is 179 Å². The number of fused-ring (bicyclic) bond motifs is 1. The molecular weight excluding hydrogens is 394 g/mol. The van der Waals surface area contributed by atoms with E-state index in [1.54, 1.807) is 0 Å². The summed E-state index contributed by atoms with van der Waals surface area (Å²) in [5.41, 5.74) is 8.37. The fraction of sp³-hybridized carbons (Fsp3) is 0.591. The lowest BCUT2D eigenvalue weighted by Crippen LogP contribution is -2.33. The molecule has 4 N–H and O–H groups in total. The minimum Gasteiger partial charge on any atom is -0.394 e. The first kappa shape index (κ1) is 18.9. The Morgan fingerprint density at radius 2 is 2.00 bits per heavy atom. The molecule has 1 saturated heterocycles. The summed E-state index contributed by atoms with van der Waals surface area (Å²) in [6, 6.07) is 2.41. The average molecular weight is 424 g/mol. The van der Waals surface area contributed by atoms with Gasteiger partial charge in [-0.1, -0.05) is 0 Å². The van der Waals surface area contributed by atoms with E-state index in [4.69, 9.17) is 10.8 Å². The minimum atomic E-state index is -0.0511. The van der Waals surface area contributed by atoms with Crippen LogP contribution in [0.15, 0.2) is 17.1 Å². The topological polar surface area (TPSA) is 118 Å². The molecule has 0 spiro atoms. The Bertz CT molecular complexity index is 1190. The number of pyridine rings is 1. The van der Waals surface area contributed by atoms with Crippen molar-refractivity contribution in [2.24, 2.45) is 18.9 Å². The number of nitrogens with zero attached hydrogens (tertiary/aromatic N) is 5. The van der Waals surface area contributed by atoms with E-state index in [-0.39, 0.29) is 30.1 Å². The second-order valence-corrected chi connectivity index (χ2v) is 9.46. The largest absolute Gasteiger partial charge is 0.394 e. The summed E-state index contributed by atoms with van der Waals surface area (Å²) in [5.74, 6) is 2.39. The molecule has 1 atom stereocenters. The van der Waals surface area contributed by atoms with E-state index < -0.39 is 0 Å². The lowest BCUT2D eigenvalue weighted by molar-refractivity contribution is 0.265. The minimum absolute atomic E-state index is 0.0511. The summed E-state index contributed by atoms with van der Waals surface area (Å²) in [6.45, 7) is 1.04.